The zero-order chi connectivity index (χ0) is 43.9. The van der Waals surface area contributed by atoms with Crippen LogP contribution in [0.4, 0.5) is 0 Å². The maximum atomic E-state index is 16.0. The molecule has 0 spiro atoms. The van der Waals surface area contributed by atoms with Crippen LogP contribution in [0.2, 0.25) is 0 Å². The van der Waals surface area contributed by atoms with Crippen molar-refractivity contribution in [2.75, 3.05) is 6.61 Å². The van der Waals surface area contributed by atoms with Crippen LogP contribution >= 0.6 is 11.8 Å². The van der Waals surface area contributed by atoms with Crippen LogP contribution < -0.4 is 0 Å². The molecule has 0 aromatic heterocycles. The van der Waals surface area contributed by atoms with E-state index in [1.54, 1.807) is 45.5 Å². The quantitative estimate of drug-likeness (QED) is 0.0910. The van der Waals surface area contributed by atoms with E-state index in [1.807, 2.05) is 84.9 Å². The van der Waals surface area contributed by atoms with Crippen molar-refractivity contribution in [3.63, 3.8) is 0 Å². The van der Waals surface area contributed by atoms with Crippen LogP contribution in [0.1, 0.15) is 72.4 Å². The molecule has 3 aromatic rings. The number of ketones is 1. The largest absolute Gasteiger partial charge is 0.461 e. The van der Waals surface area contributed by atoms with E-state index in [9.17, 15) is 24.3 Å². The number of hydrogen-bond donors (Lipinski definition) is 1. The summed E-state index contributed by atoms with van der Waals surface area (Å²) in [5.74, 6) is -4.79. The molecule has 7 rings (SSSR count). The van der Waals surface area contributed by atoms with Crippen LogP contribution in [0.3, 0.4) is 0 Å². The average molecular weight is 853 g/mol. The van der Waals surface area contributed by atoms with Gasteiger partial charge in [0.15, 0.2) is 17.5 Å². The predicted octanol–water partition coefficient (Wildman–Crippen LogP) is 7.00. The van der Waals surface area contributed by atoms with Crippen LogP contribution in [0.15, 0.2) is 112 Å². The van der Waals surface area contributed by atoms with Crippen molar-refractivity contribution < 1.29 is 57.5 Å². The Kier molecular flexibility index (Phi) is 12.3. The van der Waals surface area contributed by atoms with E-state index >= 15 is 4.79 Å². The number of aliphatic hydroxyl groups is 1. The van der Waals surface area contributed by atoms with Gasteiger partial charge < -0.3 is 33.5 Å². The Hall–Kier alpha value is -5.08. The van der Waals surface area contributed by atoms with Gasteiger partial charge in [0.1, 0.15) is 23.9 Å². The van der Waals surface area contributed by atoms with Crippen molar-refractivity contribution in [1.82, 2.24) is 0 Å². The van der Waals surface area contributed by atoms with Crippen molar-refractivity contribution >= 4 is 47.5 Å². The van der Waals surface area contributed by atoms with Crippen LogP contribution in [0.5, 0.6) is 0 Å². The summed E-state index contributed by atoms with van der Waals surface area (Å²) in [4.78, 5) is 70.9. The Morgan fingerprint density at radius 3 is 2.05 bits per heavy atom. The first kappa shape index (κ1) is 44.0. The van der Waals surface area contributed by atoms with Gasteiger partial charge in [-0.15, -0.1) is 0 Å². The fraction of sp³-hybridized carbons (Fsp3) is 0.438. The SMILES string of the molecule is CC(=O)O[C@H]1C[C@@]2(O)[C@@H](OCc3ccccc3)[C@@H]3[C@]4(OC(C)=O)CO[C@@H]4C[C@H](OC(C)=O)[C@@]3(C)C(=O)[C@H](OC(=O)/C=C/c3ccc(Sc4ccccc4)cc3)C(=C1C)C2(C)C. The highest BCUT2D eigenvalue weighted by Crippen LogP contribution is 2.65. The normalized spacial score (nSPS) is 31.4. The van der Waals surface area contributed by atoms with Crippen molar-refractivity contribution in [2.45, 2.75) is 119 Å². The van der Waals surface area contributed by atoms with Gasteiger partial charge in [-0.3, -0.25) is 19.2 Å². The zero-order valence-electron chi connectivity index (χ0n) is 35.4. The van der Waals surface area contributed by atoms with Crippen molar-refractivity contribution in [1.29, 1.82) is 0 Å². The molecule has 1 heterocycles. The third-order valence-electron chi connectivity index (χ3n) is 13.0. The lowest BCUT2D eigenvalue weighted by Crippen LogP contribution is -2.82. The summed E-state index contributed by atoms with van der Waals surface area (Å²) in [6, 6.07) is 26.7. The predicted molar refractivity (Wildman–Crippen MR) is 224 cm³/mol. The van der Waals surface area contributed by atoms with Gasteiger partial charge >= 0.3 is 23.9 Å². The van der Waals surface area contributed by atoms with Crippen molar-refractivity contribution in [2.24, 2.45) is 16.7 Å². The Morgan fingerprint density at radius 2 is 1.46 bits per heavy atom. The molecule has 4 aliphatic rings. The molecule has 2 saturated carbocycles. The number of fused-ring (bicyclic) bond motifs is 5. The monoisotopic (exact) mass is 852 g/mol. The molecule has 12 nitrogen and oxygen atoms in total. The van der Waals surface area contributed by atoms with Crippen LogP contribution in [0.25, 0.3) is 6.08 Å². The smallest absolute Gasteiger partial charge is 0.331 e. The van der Waals surface area contributed by atoms with Gasteiger partial charge in [0, 0.05) is 60.8 Å². The second kappa shape index (κ2) is 17.0. The molecule has 9 atom stereocenters. The summed E-state index contributed by atoms with van der Waals surface area (Å²) in [5, 5.41) is 13.7. The molecule has 61 heavy (non-hydrogen) atoms. The minimum absolute atomic E-state index is 0.0457. The number of Topliss-reactive ketones (excluding diaryl/α,β-unsaturated/α-hetero) is 1. The summed E-state index contributed by atoms with van der Waals surface area (Å²) in [7, 11) is 0. The van der Waals surface area contributed by atoms with E-state index in [2.05, 4.69) is 0 Å². The summed E-state index contributed by atoms with van der Waals surface area (Å²) in [5.41, 5.74) is -4.79. The number of rotatable bonds is 11. The van der Waals surface area contributed by atoms with Gasteiger partial charge in [-0.05, 0) is 66.5 Å². The molecule has 1 aliphatic heterocycles. The minimum Gasteiger partial charge on any atom is -0.461 e. The number of esters is 4. The third-order valence-corrected chi connectivity index (χ3v) is 14.0. The lowest BCUT2D eigenvalue weighted by atomic mass is 9.44. The minimum atomic E-state index is -2.02. The molecule has 2 bridgehead atoms. The molecule has 322 valence electrons. The number of benzene rings is 3. The summed E-state index contributed by atoms with van der Waals surface area (Å²) < 4.78 is 37.3. The Balaban J connectivity index is 1.37. The van der Waals surface area contributed by atoms with E-state index in [4.69, 9.17) is 28.4 Å². The maximum absolute atomic E-state index is 16.0. The van der Waals surface area contributed by atoms with Gasteiger partial charge in [-0.1, -0.05) is 86.3 Å². The highest BCUT2D eigenvalue weighted by molar-refractivity contribution is 7.99. The van der Waals surface area contributed by atoms with Crippen LogP contribution in [-0.4, -0.2) is 83.1 Å². The molecule has 13 heteroatoms. The van der Waals surface area contributed by atoms with Crippen LogP contribution in [-0.2, 0) is 59.0 Å². The molecule has 0 amide bonds. The highest BCUT2D eigenvalue weighted by atomic mass is 32.2. The Labute approximate surface area is 359 Å². The zero-order valence-corrected chi connectivity index (χ0v) is 36.2. The van der Waals surface area contributed by atoms with E-state index in [-0.39, 0.29) is 31.6 Å². The summed E-state index contributed by atoms with van der Waals surface area (Å²) >= 11 is 1.60. The van der Waals surface area contributed by atoms with Gasteiger partial charge in [-0.25, -0.2) is 4.79 Å². The first-order valence-corrected chi connectivity index (χ1v) is 21.2. The topological polar surface area (TPSA) is 161 Å². The Bertz CT molecular complexity index is 2240. The summed E-state index contributed by atoms with van der Waals surface area (Å²) in [6.07, 6.45) is -3.68. The second-order valence-corrected chi connectivity index (χ2v) is 18.3. The second-order valence-electron chi connectivity index (χ2n) is 17.1. The summed E-state index contributed by atoms with van der Waals surface area (Å²) in [6.45, 7) is 10.2. The number of ether oxygens (including phenoxy) is 6. The van der Waals surface area contributed by atoms with Gasteiger partial charge in [0.2, 0.25) is 0 Å². The van der Waals surface area contributed by atoms with E-state index < -0.39 is 88.1 Å². The molecule has 3 fully saturated rings. The third kappa shape index (κ3) is 8.09. The first-order chi connectivity index (χ1) is 28.9. The number of carbonyl (C=O) groups excluding carboxylic acids is 5. The molecular weight excluding hydrogens is 801 g/mol. The van der Waals surface area contributed by atoms with Gasteiger partial charge in [0.05, 0.1) is 24.7 Å². The van der Waals surface area contributed by atoms with Crippen molar-refractivity contribution in [3.8, 4) is 0 Å². The van der Waals surface area contributed by atoms with E-state index in [1.165, 1.54) is 26.8 Å². The van der Waals surface area contributed by atoms with E-state index in [0.29, 0.717) is 11.1 Å². The van der Waals surface area contributed by atoms with Crippen molar-refractivity contribution in [3.05, 3.63) is 113 Å². The first-order valence-electron chi connectivity index (χ1n) is 20.4. The number of carbonyl (C=O) groups is 5. The lowest BCUT2D eigenvalue weighted by Gasteiger charge is -2.68. The molecule has 0 unspecified atom stereocenters. The molecule has 0 radical (unpaired) electrons. The molecule has 1 N–H and O–H groups in total. The standard InChI is InChI=1S/C48H52O12S/c1-28-36(57-29(2)49)25-48(54)44(55-26-33-14-10-8-11-15-33)42-46(7,37(58-30(3)50)24-38-47(42,27-56-38)60-31(4)51)43(53)41(40(28)45(48,5)6)59-39(52)23-20-32-18-21-35(22-19-32)61-34-16-12-9-13-17-34/h8-23,36-38,41-42,44,54H,24-27H2,1-7H3/b23-20+/t36-,37-,38+,41+,42-,44-,46+,47-,48+/m0/s1. The molecule has 3 aliphatic carbocycles. The highest BCUT2D eigenvalue weighted by Gasteiger charge is 2.78. The molecule has 3 aromatic carbocycles. The van der Waals surface area contributed by atoms with E-state index in [0.717, 1.165) is 15.4 Å². The lowest BCUT2D eigenvalue weighted by molar-refractivity contribution is -0.352. The molecular formula is C48H52O12S. The van der Waals surface area contributed by atoms with Crippen LogP contribution in [0, 0.1) is 16.7 Å². The average Bonchev–Trinajstić information content (AvgIpc) is 3.20. The fourth-order valence-corrected chi connectivity index (χ4v) is 10.9. The Morgan fingerprint density at radius 1 is 0.836 bits per heavy atom. The molecule has 1 saturated heterocycles. The fourth-order valence-electron chi connectivity index (χ4n) is 10.1. The maximum Gasteiger partial charge on any atom is 0.331 e. The number of hydrogen-bond acceptors (Lipinski definition) is 13. The van der Waals surface area contributed by atoms with Gasteiger partial charge in [0.25, 0.3) is 0 Å². The van der Waals surface area contributed by atoms with Gasteiger partial charge in [-0.2, -0.15) is 0 Å².